The first-order chi connectivity index (χ1) is 9.16. The van der Waals surface area contributed by atoms with Gasteiger partial charge in [0.05, 0.1) is 6.10 Å². The lowest BCUT2D eigenvalue weighted by molar-refractivity contribution is 0.200. The van der Waals surface area contributed by atoms with E-state index in [0.29, 0.717) is 18.0 Å². The molecule has 100 valence electrons. The molecule has 1 atom stereocenters. The molecule has 0 saturated carbocycles. The third kappa shape index (κ3) is 3.98. The Morgan fingerprint density at radius 2 is 2.05 bits per heavy atom. The Morgan fingerprint density at radius 3 is 2.79 bits per heavy atom. The molecule has 2 rings (SSSR count). The molecule has 1 heterocycles. The number of thioether (sulfide) groups is 1. The van der Waals surface area contributed by atoms with Crippen molar-refractivity contribution in [2.75, 3.05) is 11.5 Å². The van der Waals surface area contributed by atoms with E-state index < -0.39 is 6.10 Å². The molecule has 0 spiro atoms. The third-order valence-corrected chi connectivity index (χ3v) is 4.23. The van der Waals surface area contributed by atoms with E-state index in [4.69, 9.17) is 5.73 Å². The summed E-state index contributed by atoms with van der Waals surface area (Å²) in [6.07, 6.45) is 1.78. The number of pyridine rings is 1. The van der Waals surface area contributed by atoms with Crippen molar-refractivity contribution < 1.29 is 5.11 Å². The molecule has 0 radical (unpaired) electrons. The Morgan fingerprint density at radius 1 is 1.26 bits per heavy atom. The number of hydrogen-bond acceptors (Lipinski definition) is 4. The molecule has 1 aromatic heterocycles. The van der Waals surface area contributed by atoms with Crippen LogP contribution in [-0.4, -0.2) is 21.9 Å². The number of nitrogen functional groups attached to an aromatic ring is 1. The predicted molar refractivity (Wildman–Crippen MR) is 80.3 cm³/mol. The lowest BCUT2D eigenvalue weighted by Gasteiger charge is -2.12. The molecule has 1 unspecified atom stereocenters. The van der Waals surface area contributed by atoms with E-state index in [9.17, 15) is 5.11 Å². The summed E-state index contributed by atoms with van der Waals surface area (Å²) in [6, 6.07) is 11.9. The third-order valence-electron chi connectivity index (χ3n) is 2.91. The number of hydrogen-bond donors (Lipinski definition) is 2. The summed E-state index contributed by atoms with van der Waals surface area (Å²) >= 11 is 1.67. The molecule has 0 aliphatic heterocycles. The molecule has 0 amide bonds. The first kappa shape index (κ1) is 13.9. The second-order valence-corrected chi connectivity index (χ2v) is 5.54. The fraction of sp³-hybridized carbons (Fsp3) is 0.267. The molecular weight excluding hydrogens is 256 g/mol. The van der Waals surface area contributed by atoms with Crippen LogP contribution in [0.5, 0.6) is 0 Å². The van der Waals surface area contributed by atoms with E-state index in [-0.39, 0.29) is 0 Å². The number of aryl methyl sites for hydroxylation is 1. The predicted octanol–water partition coefficient (Wildman–Crippen LogP) is 2.67. The average Bonchev–Trinajstić information content (AvgIpc) is 2.40. The highest BCUT2D eigenvalue weighted by Crippen LogP contribution is 2.23. The van der Waals surface area contributed by atoms with Crippen LogP contribution in [0, 0.1) is 6.92 Å². The molecule has 0 aliphatic rings. The molecule has 1 aromatic carbocycles. The Hall–Kier alpha value is -1.52. The average molecular weight is 274 g/mol. The summed E-state index contributed by atoms with van der Waals surface area (Å²) in [5.41, 5.74) is 7.91. The number of aliphatic hydroxyl groups excluding tert-OH is 1. The van der Waals surface area contributed by atoms with Crippen molar-refractivity contribution in [3.8, 4) is 0 Å². The molecule has 0 bridgehead atoms. The molecule has 4 heteroatoms. The van der Waals surface area contributed by atoms with Crippen molar-refractivity contribution in [3.63, 3.8) is 0 Å². The minimum absolute atomic E-state index is 0.420. The SMILES string of the molecule is Cc1ccccc1SCC(O)Cc1cccnc1N. The fourth-order valence-corrected chi connectivity index (χ4v) is 2.80. The second-order valence-electron chi connectivity index (χ2n) is 4.48. The van der Waals surface area contributed by atoms with Gasteiger partial charge in [0.25, 0.3) is 0 Å². The summed E-state index contributed by atoms with van der Waals surface area (Å²) < 4.78 is 0. The van der Waals surface area contributed by atoms with Gasteiger partial charge < -0.3 is 10.8 Å². The molecule has 19 heavy (non-hydrogen) atoms. The highest BCUT2D eigenvalue weighted by atomic mass is 32.2. The number of aliphatic hydroxyl groups is 1. The molecule has 2 aromatic rings. The Bertz CT molecular complexity index is 545. The smallest absolute Gasteiger partial charge is 0.126 e. The monoisotopic (exact) mass is 274 g/mol. The topological polar surface area (TPSA) is 59.1 Å². The lowest BCUT2D eigenvalue weighted by atomic mass is 10.1. The molecule has 0 saturated heterocycles. The zero-order valence-corrected chi connectivity index (χ0v) is 11.7. The van der Waals surface area contributed by atoms with Gasteiger partial charge >= 0.3 is 0 Å². The van der Waals surface area contributed by atoms with Crippen LogP contribution in [0.15, 0.2) is 47.5 Å². The van der Waals surface area contributed by atoms with E-state index >= 15 is 0 Å². The minimum Gasteiger partial charge on any atom is -0.392 e. The summed E-state index contributed by atoms with van der Waals surface area (Å²) in [5, 5.41) is 10.1. The van der Waals surface area contributed by atoms with Crippen LogP contribution in [-0.2, 0) is 6.42 Å². The maximum Gasteiger partial charge on any atom is 0.126 e. The van der Waals surface area contributed by atoms with Gasteiger partial charge in [-0.05, 0) is 30.2 Å². The van der Waals surface area contributed by atoms with E-state index in [1.54, 1.807) is 18.0 Å². The van der Waals surface area contributed by atoms with Crippen molar-refractivity contribution in [2.24, 2.45) is 0 Å². The molecular formula is C15H18N2OS. The number of rotatable bonds is 5. The summed E-state index contributed by atoms with van der Waals surface area (Å²) in [4.78, 5) is 5.23. The quantitative estimate of drug-likeness (QED) is 0.823. The Labute approximate surface area is 117 Å². The van der Waals surface area contributed by atoms with Gasteiger partial charge in [-0.2, -0.15) is 0 Å². The number of anilines is 1. The largest absolute Gasteiger partial charge is 0.392 e. The van der Waals surface area contributed by atoms with Crippen molar-refractivity contribution in [2.45, 2.75) is 24.3 Å². The Kier molecular flexibility index (Phi) is 4.82. The first-order valence-corrected chi connectivity index (χ1v) is 7.21. The zero-order valence-electron chi connectivity index (χ0n) is 10.9. The summed E-state index contributed by atoms with van der Waals surface area (Å²) in [6.45, 7) is 2.08. The van der Waals surface area contributed by atoms with Crippen LogP contribution in [0.3, 0.4) is 0 Å². The molecule has 0 fully saturated rings. The maximum absolute atomic E-state index is 10.1. The van der Waals surface area contributed by atoms with Crippen molar-refractivity contribution in [3.05, 3.63) is 53.7 Å². The van der Waals surface area contributed by atoms with E-state index in [1.807, 2.05) is 24.3 Å². The standard InChI is InChI=1S/C15H18N2OS/c1-11-5-2-3-7-14(11)19-10-13(18)9-12-6-4-8-17-15(12)16/h2-8,13,18H,9-10H2,1H3,(H2,16,17). The Balaban J connectivity index is 1.90. The number of aromatic nitrogens is 1. The van der Waals surface area contributed by atoms with Crippen molar-refractivity contribution >= 4 is 17.6 Å². The van der Waals surface area contributed by atoms with Gasteiger partial charge in [-0.25, -0.2) is 4.98 Å². The van der Waals surface area contributed by atoms with Crippen LogP contribution >= 0.6 is 11.8 Å². The van der Waals surface area contributed by atoms with Gasteiger partial charge in [0.2, 0.25) is 0 Å². The van der Waals surface area contributed by atoms with Crippen molar-refractivity contribution in [1.82, 2.24) is 4.98 Å². The normalized spacial score (nSPS) is 12.3. The van der Waals surface area contributed by atoms with E-state index in [2.05, 4.69) is 24.0 Å². The van der Waals surface area contributed by atoms with Crippen LogP contribution in [0.25, 0.3) is 0 Å². The van der Waals surface area contributed by atoms with Gasteiger partial charge in [0, 0.05) is 23.3 Å². The number of nitrogens with zero attached hydrogens (tertiary/aromatic N) is 1. The van der Waals surface area contributed by atoms with Gasteiger partial charge in [-0.1, -0.05) is 24.3 Å². The van der Waals surface area contributed by atoms with Crippen molar-refractivity contribution in [1.29, 1.82) is 0 Å². The van der Waals surface area contributed by atoms with Gasteiger partial charge in [-0.15, -0.1) is 11.8 Å². The lowest BCUT2D eigenvalue weighted by Crippen LogP contribution is -2.15. The second kappa shape index (κ2) is 6.59. The van der Waals surface area contributed by atoms with Gasteiger partial charge in [0.15, 0.2) is 0 Å². The fourth-order valence-electron chi connectivity index (χ4n) is 1.84. The summed E-state index contributed by atoms with van der Waals surface area (Å²) in [7, 11) is 0. The molecule has 3 N–H and O–H groups in total. The molecule has 0 aliphatic carbocycles. The summed E-state index contributed by atoms with van der Waals surface area (Å²) in [5.74, 6) is 1.15. The van der Waals surface area contributed by atoms with E-state index in [0.717, 1.165) is 5.56 Å². The van der Waals surface area contributed by atoms with Crippen LogP contribution in [0.1, 0.15) is 11.1 Å². The highest BCUT2D eigenvalue weighted by Gasteiger charge is 2.09. The van der Waals surface area contributed by atoms with Gasteiger partial charge in [-0.3, -0.25) is 0 Å². The van der Waals surface area contributed by atoms with E-state index in [1.165, 1.54) is 10.5 Å². The zero-order chi connectivity index (χ0) is 13.7. The van der Waals surface area contributed by atoms with Crippen LogP contribution in [0.2, 0.25) is 0 Å². The van der Waals surface area contributed by atoms with Crippen LogP contribution < -0.4 is 5.73 Å². The number of benzene rings is 1. The maximum atomic E-state index is 10.1. The van der Waals surface area contributed by atoms with Crippen LogP contribution in [0.4, 0.5) is 5.82 Å². The van der Waals surface area contributed by atoms with Gasteiger partial charge in [0.1, 0.15) is 5.82 Å². The first-order valence-electron chi connectivity index (χ1n) is 6.22. The minimum atomic E-state index is -0.420. The number of nitrogens with two attached hydrogens (primary N) is 1. The molecule has 3 nitrogen and oxygen atoms in total. The highest BCUT2D eigenvalue weighted by molar-refractivity contribution is 7.99.